The number of hydrogen-bond donors (Lipinski definition) is 0. The van der Waals surface area contributed by atoms with Crippen molar-refractivity contribution in [1.82, 2.24) is 0 Å². The van der Waals surface area contributed by atoms with Gasteiger partial charge < -0.3 is 9.47 Å². The maximum Gasteiger partial charge on any atom is 0.123 e. The maximum absolute atomic E-state index is 5.85. The fourth-order valence-electron chi connectivity index (χ4n) is 2.81. The standard InChI is InChI=1S/C9H14O2/c1-2-4-8(3-1)9(7-11-9)5-6-10-8/h1-7H2. The van der Waals surface area contributed by atoms with Crippen molar-refractivity contribution >= 4 is 0 Å². The first-order valence-electron chi connectivity index (χ1n) is 4.65. The van der Waals surface area contributed by atoms with E-state index in [-0.39, 0.29) is 11.2 Å². The molecule has 2 nitrogen and oxygen atoms in total. The summed E-state index contributed by atoms with van der Waals surface area (Å²) in [5.74, 6) is 0. The van der Waals surface area contributed by atoms with Crippen LogP contribution in [0, 0.1) is 0 Å². The Balaban J connectivity index is 1.94. The van der Waals surface area contributed by atoms with Crippen LogP contribution in [-0.2, 0) is 9.47 Å². The van der Waals surface area contributed by atoms with Crippen LogP contribution in [0.1, 0.15) is 32.1 Å². The summed E-state index contributed by atoms with van der Waals surface area (Å²) in [5, 5.41) is 0. The molecular formula is C9H14O2. The normalized spacial score (nSPS) is 45.8. The zero-order valence-corrected chi connectivity index (χ0v) is 6.77. The second-order valence-corrected chi connectivity index (χ2v) is 4.08. The van der Waals surface area contributed by atoms with Gasteiger partial charge in [-0.15, -0.1) is 0 Å². The van der Waals surface area contributed by atoms with Crippen LogP contribution < -0.4 is 0 Å². The quantitative estimate of drug-likeness (QED) is 0.493. The largest absolute Gasteiger partial charge is 0.372 e. The number of rotatable bonds is 0. The first-order valence-corrected chi connectivity index (χ1v) is 4.65. The van der Waals surface area contributed by atoms with Crippen LogP contribution in [0.3, 0.4) is 0 Å². The number of hydrogen-bond acceptors (Lipinski definition) is 2. The third-order valence-corrected chi connectivity index (χ3v) is 3.62. The van der Waals surface area contributed by atoms with Gasteiger partial charge in [0.25, 0.3) is 0 Å². The molecule has 62 valence electrons. The fraction of sp³-hybridized carbons (Fsp3) is 1.00. The maximum atomic E-state index is 5.85. The minimum Gasteiger partial charge on any atom is -0.372 e. The highest BCUT2D eigenvalue weighted by molar-refractivity contribution is 5.14. The first kappa shape index (κ1) is 6.44. The highest BCUT2D eigenvalue weighted by Gasteiger charge is 2.65. The second kappa shape index (κ2) is 1.80. The van der Waals surface area contributed by atoms with Gasteiger partial charge in [0.2, 0.25) is 0 Å². The van der Waals surface area contributed by atoms with Crippen LogP contribution in [0.5, 0.6) is 0 Å². The summed E-state index contributed by atoms with van der Waals surface area (Å²) in [6, 6.07) is 0. The highest BCUT2D eigenvalue weighted by Crippen LogP contribution is 2.55. The van der Waals surface area contributed by atoms with Crippen molar-refractivity contribution in [2.75, 3.05) is 13.2 Å². The smallest absolute Gasteiger partial charge is 0.123 e. The lowest BCUT2D eigenvalue weighted by atomic mass is 9.86. The third kappa shape index (κ3) is 0.651. The van der Waals surface area contributed by atoms with E-state index in [1.165, 1.54) is 25.7 Å². The second-order valence-electron chi connectivity index (χ2n) is 4.08. The van der Waals surface area contributed by atoms with E-state index < -0.39 is 0 Å². The molecule has 0 bridgehead atoms. The molecule has 3 rings (SSSR count). The molecule has 1 unspecified atom stereocenters. The Morgan fingerprint density at radius 1 is 0.818 bits per heavy atom. The molecular weight excluding hydrogens is 140 g/mol. The number of epoxide rings is 1. The lowest BCUT2D eigenvalue weighted by molar-refractivity contribution is -0.0270. The van der Waals surface area contributed by atoms with E-state index >= 15 is 0 Å². The average molecular weight is 154 g/mol. The zero-order valence-electron chi connectivity index (χ0n) is 6.77. The Labute approximate surface area is 66.9 Å². The van der Waals surface area contributed by atoms with Gasteiger partial charge in [-0.25, -0.2) is 0 Å². The molecule has 0 amide bonds. The monoisotopic (exact) mass is 154 g/mol. The van der Waals surface area contributed by atoms with E-state index in [0.29, 0.717) is 0 Å². The van der Waals surface area contributed by atoms with Gasteiger partial charge in [0, 0.05) is 6.42 Å². The molecule has 11 heavy (non-hydrogen) atoms. The van der Waals surface area contributed by atoms with Crippen molar-refractivity contribution < 1.29 is 9.47 Å². The molecule has 1 saturated carbocycles. The van der Waals surface area contributed by atoms with E-state index in [1.807, 2.05) is 0 Å². The van der Waals surface area contributed by atoms with Crippen molar-refractivity contribution in [3.8, 4) is 0 Å². The molecule has 0 aromatic rings. The first-order chi connectivity index (χ1) is 5.37. The lowest BCUT2D eigenvalue weighted by Crippen LogP contribution is -2.39. The average Bonchev–Trinajstić information content (AvgIpc) is 2.55. The molecule has 0 aromatic heterocycles. The van der Waals surface area contributed by atoms with E-state index in [4.69, 9.17) is 9.47 Å². The molecule has 2 aliphatic heterocycles. The van der Waals surface area contributed by atoms with Gasteiger partial charge in [-0.2, -0.15) is 0 Å². The van der Waals surface area contributed by atoms with Crippen LogP contribution in [-0.4, -0.2) is 24.4 Å². The van der Waals surface area contributed by atoms with Crippen molar-refractivity contribution in [3.63, 3.8) is 0 Å². The van der Waals surface area contributed by atoms with E-state index in [0.717, 1.165) is 19.6 Å². The van der Waals surface area contributed by atoms with Gasteiger partial charge in [0.15, 0.2) is 0 Å². The van der Waals surface area contributed by atoms with Crippen LogP contribution in [0.15, 0.2) is 0 Å². The Hall–Kier alpha value is -0.0800. The Bertz CT molecular complexity index is 172. The highest BCUT2D eigenvalue weighted by atomic mass is 16.6. The summed E-state index contributed by atoms with van der Waals surface area (Å²) >= 11 is 0. The van der Waals surface area contributed by atoms with E-state index in [9.17, 15) is 0 Å². The molecule has 2 saturated heterocycles. The van der Waals surface area contributed by atoms with Crippen LogP contribution in [0.4, 0.5) is 0 Å². The molecule has 2 heteroatoms. The molecule has 2 heterocycles. The van der Waals surface area contributed by atoms with Gasteiger partial charge in [-0.05, 0) is 12.8 Å². The summed E-state index contributed by atoms with van der Waals surface area (Å²) in [6.07, 6.45) is 6.31. The predicted octanol–water partition coefficient (Wildman–Crippen LogP) is 1.49. The Morgan fingerprint density at radius 2 is 1.55 bits per heavy atom. The van der Waals surface area contributed by atoms with Crippen LogP contribution in [0.25, 0.3) is 0 Å². The third-order valence-electron chi connectivity index (χ3n) is 3.62. The summed E-state index contributed by atoms with van der Waals surface area (Å²) in [7, 11) is 0. The fourth-order valence-corrected chi connectivity index (χ4v) is 2.81. The summed E-state index contributed by atoms with van der Waals surface area (Å²) < 4.78 is 11.4. The lowest BCUT2D eigenvalue weighted by Gasteiger charge is -2.26. The topological polar surface area (TPSA) is 21.8 Å². The molecule has 0 aromatic carbocycles. The summed E-state index contributed by atoms with van der Waals surface area (Å²) in [4.78, 5) is 0. The van der Waals surface area contributed by atoms with Crippen molar-refractivity contribution in [2.45, 2.75) is 43.3 Å². The van der Waals surface area contributed by atoms with E-state index in [2.05, 4.69) is 0 Å². The van der Waals surface area contributed by atoms with Gasteiger partial charge >= 0.3 is 0 Å². The molecule has 0 N–H and O–H groups in total. The summed E-state index contributed by atoms with van der Waals surface area (Å²) in [5.41, 5.74) is 0.372. The minimum atomic E-state index is 0.174. The molecule has 1 aliphatic carbocycles. The van der Waals surface area contributed by atoms with Gasteiger partial charge in [0.1, 0.15) is 5.60 Å². The molecule has 1 atom stereocenters. The SMILES string of the molecule is C1CCC2(C1)OCCC21CO1. The Kier molecular flexibility index (Phi) is 1.06. The van der Waals surface area contributed by atoms with Crippen LogP contribution in [0.2, 0.25) is 0 Å². The van der Waals surface area contributed by atoms with E-state index in [1.54, 1.807) is 0 Å². The molecule has 2 spiro atoms. The molecule has 3 aliphatic rings. The minimum absolute atomic E-state index is 0.174. The van der Waals surface area contributed by atoms with Crippen molar-refractivity contribution in [3.05, 3.63) is 0 Å². The number of ether oxygens (including phenoxy) is 2. The zero-order chi connectivity index (χ0) is 7.36. The summed E-state index contributed by atoms with van der Waals surface area (Å²) in [6.45, 7) is 1.90. The van der Waals surface area contributed by atoms with Gasteiger partial charge in [-0.3, -0.25) is 0 Å². The molecule has 0 radical (unpaired) electrons. The van der Waals surface area contributed by atoms with Crippen LogP contribution >= 0.6 is 0 Å². The predicted molar refractivity (Wildman–Crippen MR) is 40.5 cm³/mol. The van der Waals surface area contributed by atoms with Gasteiger partial charge in [0.05, 0.1) is 18.8 Å². The number of fused-ring (bicyclic) bond motifs is 1. The van der Waals surface area contributed by atoms with Gasteiger partial charge in [-0.1, -0.05) is 12.8 Å². The van der Waals surface area contributed by atoms with Crippen molar-refractivity contribution in [2.24, 2.45) is 0 Å². The Morgan fingerprint density at radius 3 is 2.18 bits per heavy atom. The molecule has 3 fully saturated rings. The van der Waals surface area contributed by atoms with Crippen molar-refractivity contribution in [1.29, 1.82) is 0 Å².